The van der Waals surface area contributed by atoms with Crippen molar-refractivity contribution in [2.45, 2.75) is 18.9 Å². The zero-order chi connectivity index (χ0) is 13.7. The summed E-state index contributed by atoms with van der Waals surface area (Å²) in [6.07, 6.45) is 1.04. The largest absolute Gasteiger partial charge is 0.378 e. The molecule has 1 saturated heterocycles. The Morgan fingerprint density at radius 2 is 2.05 bits per heavy atom. The van der Waals surface area contributed by atoms with Crippen LogP contribution in [0.4, 0.5) is 0 Å². The predicted molar refractivity (Wildman–Crippen MR) is 74.9 cm³/mol. The fourth-order valence-corrected chi connectivity index (χ4v) is 2.34. The Morgan fingerprint density at radius 1 is 1.32 bits per heavy atom. The standard InChI is InChI=1S/C15H22N2O2/c1-15(19,13-6-3-2-4-7-13)14(18)12-17-10-5-8-16-9-11-17/h2-4,6-7,16,19H,5,8-12H2,1H3. The van der Waals surface area contributed by atoms with Crippen LogP contribution in [-0.4, -0.2) is 48.5 Å². The number of benzene rings is 1. The van der Waals surface area contributed by atoms with Crippen molar-refractivity contribution in [3.05, 3.63) is 35.9 Å². The number of nitrogens with zero attached hydrogens (tertiary/aromatic N) is 1. The molecule has 0 radical (unpaired) electrons. The highest BCUT2D eigenvalue weighted by atomic mass is 16.3. The monoisotopic (exact) mass is 262 g/mol. The van der Waals surface area contributed by atoms with Gasteiger partial charge in [0.05, 0.1) is 6.54 Å². The van der Waals surface area contributed by atoms with Crippen LogP contribution in [0.1, 0.15) is 18.9 Å². The van der Waals surface area contributed by atoms with Crippen LogP contribution in [0.3, 0.4) is 0 Å². The summed E-state index contributed by atoms with van der Waals surface area (Å²) >= 11 is 0. The molecule has 1 aromatic carbocycles. The van der Waals surface area contributed by atoms with E-state index in [4.69, 9.17) is 0 Å². The molecule has 1 atom stereocenters. The minimum Gasteiger partial charge on any atom is -0.378 e. The number of hydrogen-bond acceptors (Lipinski definition) is 4. The van der Waals surface area contributed by atoms with Crippen molar-refractivity contribution in [2.24, 2.45) is 0 Å². The molecule has 1 aromatic rings. The molecule has 0 aromatic heterocycles. The SMILES string of the molecule is CC(O)(C(=O)CN1CCCNCC1)c1ccccc1. The molecule has 4 nitrogen and oxygen atoms in total. The summed E-state index contributed by atoms with van der Waals surface area (Å²) in [7, 11) is 0. The predicted octanol–water partition coefficient (Wildman–Crippen LogP) is 0.758. The third kappa shape index (κ3) is 3.62. The van der Waals surface area contributed by atoms with Gasteiger partial charge in [-0.25, -0.2) is 0 Å². The lowest BCUT2D eigenvalue weighted by atomic mass is 9.91. The maximum atomic E-state index is 12.3. The second-order valence-corrected chi connectivity index (χ2v) is 5.24. The molecule has 0 amide bonds. The van der Waals surface area contributed by atoms with E-state index in [9.17, 15) is 9.90 Å². The third-order valence-electron chi connectivity index (χ3n) is 3.68. The summed E-state index contributed by atoms with van der Waals surface area (Å²) in [6, 6.07) is 9.15. The third-order valence-corrected chi connectivity index (χ3v) is 3.68. The van der Waals surface area contributed by atoms with Gasteiger partial charge in [-0.2, -0.15) is 0 Å². The number of carbonyl (C=O) groups excluding carboxylic acids is 1. The zero-order valence-electron chi connectivity index (χ0n) is 11.4. The van der Waals surface area contributed by atoms with E-state index in [1.54, 1.807) is 19.1 Å². The van der Waals surface area contributed by atoms with Gasteiger partial charge in [-0.1, -0.05) is 30.3 Å². The molecule has 1 heterocycles. The van der Waals surface area contributed by atoms with Gasteiger partial charge < -0.3 is 10.4 Å². The summed E-state index contributed by atoms with van der Waals surface area (Å²) in [5.74, 6) is -0.138. The van der Waals surface area contributed by atoms with E-state index < -0.39 is 5.60 Å². The van der Waals surface area contributed by atoms with E-state index >= 15 is 0 Å². The fraction of sp³-hybridized carbons (Fsp3) is 0.533. The lowest BCUT2D eigenvalue weighted by Gasteiger charge is -2.26. The van der Waals surface area contributed by atoms with Gasteiger partial charge in [0.25, 0.3) is 0 Å². The van der Waals surface area contributed by atoms with Crippen LogP contribution in [0.5, 0.6) is 0 Å². The van der Waals surface area contributed by atoms with E-state index in [1.807, 2.05) is 18.2 Å². The Bertz CT molecular complexity index is 409. The minimum atomic E-state index is -1.40. The van der Waals surface area contributed by atoms with Crippen LogP contribution in [0.2, 0.25) is 0 Å². The van der Waals surface area contributed by atoms with Gasteiger partial charge in [0, 0.05) is 13.1 Å². The van der Waals surface area contributed by atoms with Crippen LogP contribution in [-0.2, 0) is 10.4 Å². The van der Waals surface area contributed by atoms with Crippen molar-refractivity contribution >= 4 is 5.78 Å². The van der Waals surface area contributed by atoms with Crippen LogP contribution >= 0.6 is 0 Å². The van der Waals surface area contributed by atoms with Gasteiger partial charge in [-0.15, -0.1) is 0 Å². The van der Waals surface area contributed by atoms with Gasteiger partial charge in [0.1, 0.15) is 5.60 Å². The Balaban J connectivity index is 2.02. The Hall–Kier alpha value is -1.23. The van der Waals surface area contributed by atoms with E-state index in [0.29, 0.717) is 12.1 Å². The first-order valence-corrected chi connectivity index (χ1v) is 6.85. The van der Waals surface area contributed by atoms with E-state index in [0.717, 1.165) is 32.6 Å². The molecule has 104 valence electrons. The molecule has 2 N–H and O–H groups in total. The van der Waals surface area contributed by atoms with Gasteiger partial charge >= 0.3 is 0 Å². The summed E-state index contributed by atoms with van der Waals surface area (Å²) in [5, 5.41) is 13.8. The van der Waals surface area contributed by atoms with Crippen molar-refractivity contribution in [1.82, 2.24) is 10.2 Å². The van der Waals surface area contributed by atoms with Crippen LogP contribution in [0, 0.1) is 0 Å². The summed E-state index contributed by atoms with van der Waals surface area (Å²) in [6.45, 7) is 5.56. The van der Waals surface area contributed by atoms with Crippen molar-refractivity contribution in [3.8, 4) is 0 Å². The quantitative estimate of drug-likeness (QED) is 0.841. The smallest absolute Gasteiger partial charge is 0.182 e. The van der Waals surface area contributed by atoms with E-state index in [-0.39, 0.29) is 5.78 Å². The van der Waals surface area contributed by atoms with E-state index in [2.05, 4.69) is 10.2 Å². The molecule has 0 saturated carbocycles. The molecule has 4 heteroatoms. The lowest BCUT2D eigenvalue weighted by molar-refractivity contribution is -0.137. The number of Topliss-reactive ketones (excluding diaryl/α,β-unsaturated/α-hetero) is 1. The van der Waals surface area contributed by atoms with Gasteiger partial charge in [0.2, 0.25) is 0 Å². The topological polar surface area (TPSA) is 52.6 Å². The number of carbonyl (C=O) groups is 1. The Kier molecular flexibility index (Phi) is 4.69. The lowest BCUT2D eigenvalue weighted by Crippen LogP contribution is -2.42. The van der Waals surface area contributed by atoms with Crippen molar-refractivity contribution in [2.75, 3.05) is 32.7 Å². The van der Waals surface area contributed by atoms with Gasteiger partial charge in [-0.05, 0) is 32.0 Å². The molecular formula is C15H22N2O2. The maximum absolute atomic E-state index is 12.3. The van der Waals surface area contributed by atoms with Crippen molar-refractivity contribution in [1.29, 1.82) is 0 Å². The molecule has 1 aliphatic heterocycles. The van der Waals surface area contributed by atoms with E-state index in [1.165, 1.54) is 0 Å². The second kappa shape index (κ2) is 6.28. The van der Waals surface area contributed by atoms with Crippen LogP contribution < -0.4 is 5.32 Å². The average Bonchev–Trinajstić information content (AvgIpc) is 2.68. The molecule has 0 bridgehead atoms. The minimum absolute atomic E-state index is 0.138. The molecule has 1 unspecified atom stereocenters. The first-order chi connectivity index (χ1) is 9.10. The molecule has 0 aliphatic carbocycles. The van der Waals surface area contributed by atoms with Crippen LogP contribution in [0.15, 0.2) is 30.3 Å². The second-order valence-electron chi connectivity index (χ2n) is 5.24. The fourth-order valence-electron chi connectivity index (χ4n) is 2.34. The molecule has 19 heavy (non-hydrogen) atoms. The number of ketones is 1. The highest BCUT2D eigenvalue weighted by Gasteiger charge is 2.32. The van der Waals surface area contributed by atoms with Crippen molar-refractivity contribution < 1.29 is 9.90 Å². The average molecular weight is 262 g/mol. The van der Waals surface area contributed by atoms with Crippen LogP contribution in [0.25, 0.3) is 0 Å². The molecule has 1 aliphatic rings. The number of rotatable bonds is 4. The molecular weight excluding hydrogens is 240 g/mol. The summed E-state index contributed by atoms with van der Waals surface area (Å²) in [4.78, 5) is 14.4. The number of aliphatic hydroxyl groups is 1. The highest BCUT2D eigenvalue weighted by Crippen LogP contribution is 2.21. The van der Waals surface area contributed by atoms with Gasteiger partial charge in [0.15, 0.2) is 5.78 Å². The number of nitrogens with one attached hydrogen (secondary N) is 1. The zero-order valence-corrected chi connectivity index (χ0v) is 11.4. The first-order valence-electron chi connectivity index (χ1n) is 6.85. The molecule has 0 spiro atoms. The highest BCUT2D eigenvalue weighted by molar-refractivity contribution is 5.89. The summed E-state index contributed by atoms with van der Waals surface area (Å²) < 4.78 is 0. The normalized spacial score (nSPS) is 20.5. The molecule has 2 rings (SSSR count). The van der Waals surface area contributed by atoms with Gasteiger partial charge in [-0.3, -0.25) is 9.69 Å². The first kappa shape index (κ1) is 14.2. The maximum Gasteiger partial charge on any atom is 0.182 e. The number of hydrogen-bond donors (Lipinski definition) is 2. The summed E-state index contributed by atoms with van der Waals surface area (Å²) in [5.41, 5.74) is -0.742. The molecule has 1 fully saturated rings. The van der Waals surface area contributed by atoms with Crippen molar-refractivity contribution in [3.63, 3.8) is 0 Å². The Morgan fingerprint density at radius 3 is 2.79 bits per heavy atom. The Labute approximate surface area is 114 Å².